The lowest BCUT2D eigenvalue weighted by molar-refractivity contribution is 0.680. The third-order valence-corrected chi connectivity index (χ3v) is 7.34. The van der Waals surface area contributed by atoms with Crippen LogP contribution in [0.3, 0.4) is 0 Å². The number of fused-ring (bicyclic) bond motifs is 4. The molecule has 1 aliphatic rings. The summed E-state index contributed by atoms with van der Waals surface area (Å²) in [4.78, 5) is 12.4. The number of aromatic amines is 1. The lowest BCUT2D eigenvalue weighted by atomic mass is 9.96. The summed E-state index contributed by atoms with van der Waals surface area (Å²) >= 11 is 0. The molecule has 3 N–H and O–H groups in total. The quantitative estimate of drug-likeness (QED) is 0.222. The van der Waals surface area contributed by atoms with E-state index in [0.717, 1.165) is 28.0 Å². The highest BCUT2D eigenvalue weighted by Crippen LogP contribution is 2.28. The number of anilines is 1. The van der Waals surface area contributed by atoms with Crippen LogP contribution in [-0.4, -0.2) is 24.6 Å². The molecule has 0 amide bonds. The van der Waals surface area contributed by atoms with Crippen LogP contribution in [0.25, 0.3) is 33.4 Å². The molecule has 0 saturated heterocycles. The van der Waals surface area contributed by atoms with E-state index >= 15 is 0 Å². The molecule has 1 aliphatic carbocycles. The van der Waals surface area contributed by atoms with Gasteiger partial charge in [-0.15, -0.1) is 0 Å². The fourth-order valence-electron chi connectivity index (χ4n) is 4.84. The summed E-state index contributed by atoms with van der Waals surface area (Å²) in [5.41, 5.74) is 15.8. The first kappa shape index (κ1) is 32.6. The monoisotopic (exact) mass is 566 g/mol. The summed E-state index contributed by atoms with van der Waals surface area (Å²) in [6, 6.07) is 12.5. The molecule has 5 aromatic rings. The van der Waals surface area contributed by atoms with Gasteiger partial charge >= 0.3 is 0 Å². The predicted molar refractivity (Wildman–Crippen MR) is 181 cm³/mol. The highest BCUT2D eigenvalue weighted by Gasteiger charge is 2.14. The van der Waals surface area contributed by atoms with Crippen molar-refractivity contribution in [3.05, 3.63) is 84.0 Å². The van der Waals surface area contributed by atoms with Crippen LogP contribution in [0.1, 0.15) is 102 Å². The number of nitrogens with zero attached hydrogens (tertiary/aromatic N) is 4. The molecule has 4 aromatic heterocycles. The van der Waals surface area contributed by atoms with E-state index in [2.05, 4.69) is 78.6 Å². The number of para-hydroxylation sites is 1. The molecule has 6 rings (SSSR count). The molecule has 6 heteroatoms. The Morgan fingerprint density at radius 2 is 1.67 bits per heavy atom. The second-order valence-corrected chi connectivity index (χ2v) is 11.1. The number of pyridine rings is 1. The van der Waals surface area contributed by atoms with E-state index in [9.17, 15) is 0 Å². The summed E-state index contributed by atoms with van der Waals surface area (Å²) in [6.07, 6.45) is 17.2. The first-order chi connectivity index (χ1) is 20.3. The molecular weight excluding hydrogens is 516 g/mol. The molecule has 0 bridgehead atoms. The van der Waals surface area contributed by atoms with Crippen molar-refractivity contribution in [2.24, 2.45) is 0 Å². The van der Waals surface area contributed by atoms with Gasteiger partial charge in [0.05, 0.1) is 11.9 Å². The van der Waals surface area contributed by atoms with E-state index < -0.39 is 0 Å². The number of nitrogens with one attached hydrogen (secondary N) is 1. The average Bonchev–Trinajstić information content (AvgIpc) is 3.61. The van der Waals surface area contributed by atoms with Crippen molar-refractivity contribution in [1.82, 2.24) is 24.6 Å². The molecule has 42 heavy (non-hydrogen) atoms. The number of aryl methyl sites for hydroxylation is 3. The van der Waals surface area contributed by atoms with Crippen LogP contribution < -0.4 is 5.73 Å². The van der Waals surface area contributed by atoms with Gasteiger partial charge in [-0.05, 0) is 68.4 Å². The second kappa shape index (κ2) is 16.5. The van der Waals surface area contributed by atoms with Gasteiger partial charge in [-0.25, -0.2) is 4.98 Å². The van der Waals surface area contributed by atoms with E-state index in [4.69, 9.17) is 5.73 Å². The maximum atomic E-state index is 6.06. The van der Waals surface area contributed by atoms with Crippen molar-refractivity contribution >= 4 is 27.9 Å². The van der Waals surface area contributed by atoms with E-state index in [0.29, 0.717) is 11.5 Å². The molecule has 0 radical (unpaired) electrons. The summed E-state index contributed by atoms with van der Waals surface area (Å²) in [7, 11) is 0. The first-order valence-electron chi connectivity index (χ1n) is 15.6. The Balaban J connectivity index is 0.000000187. The Hall–Kier alpha value is -3.93. The predicted octanol–water partition coefficient (Wildman–Crippen LogP) is 9.76. The number of aromatic nitrogens is 5. The number of H-pyrrole nitrogens is 1. The lowest BCUT2D eigenvalue weighted by Gasteiger charge is -2.10. The molecule has 0 fully saturated rings. The molecule has 0 aliphatic heterocycles. The summed E-state index contributed by atoms with van der Waals surface area (Å²) in [5, 5.41) is 5.69. The Labute approximate surface area is 252 Å². The van der Waals surface area contributed by atoms with Crippen LogP contribution >= 0.6 is 0 Å². The number of hydrogen-bond acceptors (Lipinski definition) is 4. The third kappa shape index (κ3) is 8.54. The number of rotatable bonds is 5. The average molecular weight is 567 g/mol. The molecule has 0 spiro atoms. The smallest absolute Gasteiger partial charge is 0.165 e. The number of benzene rings is 1. The van der Waals surface area contributed by atoms with E-state index in [1.807, 2.05) is 26.1 Å². The number of unbranched alkanes of at least 4 members (excludes halogenated alkanes) is 3. The van der Waals surface area contributed by atoms with E-state index in [1.54, 1.807) is 28.5 Å². The Kier molecular flexibility index (Phi) is 12.8. The summed E-state index contributed by atoms with van der Waals surface area (Å²) in [5.74, 6) is 0.541. The molecule has 1 aromatic carbocycles. The zero-order valence-corrected chi connectivity index (χ0v) is 26.6. The van der Waals surface area contributed by atoms with Gasteiger partial charge in [-0.3, -0.25) is 4.98 Å². The minimum atomic E-state index is 0.541. The van der Waals surface area contributed by atoms with Crippen molar-refractivity contribution in [1.29, 1.82) is 0 Å². The van der Waals surface area contributed by atoms with Crippen LogP contribution in [0.2, 0.25) is 0 Å². The van der Waals surface area contributed by atoms with Gasteiger partial charge < -0.3 is 10.7 Å². The fraction of sp³-hybridized carbons (Fsp3) is 0.417. The van der Waals surface area contributed by atoms with Gasteiger partial charge in [-0.2, -0.15) is 9.61 Å². The van der Waals surface area contributed by atoms with Gasteiger partial charge in [0.15, 0.2) is 5.65 Å². The maximum Gasteiger partial charge on any atom is 0.165 e. The Morgan fingerprint density at radius 3 is 2.31 bits per heavy atom. The van der Waals surface area contributed by atoms with Gasteiger partial charge in [0.1, 0.15) is 5.82 Å². The van der Waals surface area contributed by atoms with Crippen molar-refractivity contribution < 1.29 is 0 Å². The van der Waals surface area contributed by atoms with Crippen molar-refractivity contribution in [2.75, 3.05) is 5.73 Å². The topological polar surface area (TPSA) is 84.9 Å². The zero-order valence-electron chi connectivity index (χ0n) is 26.6. The number of hydrogen-bond donors (Lipinski definition) is 2. The highest BCUT2D eigenvalue weighted by molar-refractivity contribution is 5.84. The van der Waals surface area contributed by atoms with Crippen LogP contribution in [-0.2, 0) is 12.8 Å². The van der Waals surface area contributed by atoms with Crippen LogP contribution in [0.4, 0.5) is 5.82 Å². The maximum absolute atomic E-state index is 6.06. The van der Waals surface area contributed by atoms with Crippen LogP contribution in [0, 0.1) is 6.92 Å². The van der Waals surface area contributed by atoms with E-state index in [-0.39, 0.29) is 0 Å². The van der Waals surface area contributed by atoms with Crippen LogP contribution in [0.15, 0.2) is 61.6 Å². The molecule has 0 saturated carbocycles. The molecule has 6 nitrogen and oxygen atoms in total. The van der Waals surface area contributed by atoms with Crippen LogP contribution in [0.5, 0.6) is 0 Å². The fourth-order valence-corrected chi connectivity index (χ4v) is 4.84. The number of allylic oxidation sites excluding steroid dienone is 1. The van der Waals surface area contributed by atoms with Gasteiger partial charge in [0.25, 0.3) is 0 Å². The Bertz CT molecular complexity index is 1550. The largest absolute Gasteiger partial charge is 0.384 e. The zero-order chi connectivity index (χ0) is 30.5. The van der Waals surface area contributed by atoms with E-state index in [1.165, 1.54) is 74.4 Å². The number of nitrogen functional groups attached to an aromatic ring is 1. The lowest BCUT2D eigenvalue weighted by Crippen LogP contribution is -2.01. The molecular formula is C36H50N6. The molecule has 224 valence electrons. The third-order valence-electron chi connectivity index (χ3n) is 7.34. The second-order valence-electron chi connectivity index (χ2n) is 11.1. The SMILES string of the molecule is C=C(C)c1cnn2c(N)cc(-c3cncc(C)c3)nc12.CCCC.CCCCC.c1ccc2c3c([nH]c2c1)CCCC3. The molecule has 0 atom stereocenters. The first-order valence-corrected chi connectivity index (χ1v) is 15.6. The van der Waals surface area contributed by atoms with Gasteiger partial charge in [0, 0.05) is 46.2 Å². The number of nitrogens with two attached hydrogens (primary N) is 1. The normalized spacial score (nSPS) is 11.9. The van der Waals surface area contributed by atoms with Gasteiger partial charge in [0.2, 0.25) is 0 Å². The summed E-state index contributed by atoms with van der Waals surface area (Å²) < 4.78 is 1.62. The van der Waals surface area contributed by atoms with Gasteiger partial charge in [-0.1, -0.05) is 84.6 Å². The standard InChI is InChI=1S/C15H15N5.C12H13N.C5H12.C4H10/c1-9(2)12-8-18-20-14(16)5-13(19-15(12)20)11-4-10(3)6-17-7-11;1-3-7-11-9(5-1)10-6-2-4-8-12(10)13-11;1-3-5-4-2;1-3-4-2/h4-8H,1,16H2,2-3H3;1,3,5,7,13H,2,4,6,8H2;3-5H2,1-2H3;3-4H2,1-2H3. The van der Waals surface area contributed by atoms with Crippen molar-refractivity contribution in [3.8, 4) is 11.3 Å². The van der Waals surface area contributed by atoms with Crippen molar-refractivity contribution in [3.63, 3.8) is 0 Å². The molecule has 0 unspecified atom stereocenters. The Morgan fingerprint density at radius 1 is 0.952 bits per heavy atom. The summed E-state index contributed by atoms with van der Waals surface area (Å²) in [6.45, 7) is 16.7. The highest BCUT2D eigenvalue weighted by atomic mass is 15.3. The minimum absolute atomic E-state index is 0.541. The minimum Gasteiger partial charge on any atom is -0.384 e. The molecule has 4 heterocycles. The van der Waals surface area contributed by atoms with Crippen molar-refractivity contribution in [2.45, 2.75) is 99.3 Å².